The van der Waals surface area contributed by atoms with Crippen LogP contribution in [0.25, 0.3) is 11.4 Å². The van der Waals surface area contributed by atoms with Crippen molar-refractivity contribution in [3.63, 3.8) is 0 Å². The molecule has 0 radical (unpaired) electrons. The summed E-state index contributed by atoms with van der Waals surface area (Å²) in [4.78, 5) is 25.1. The zero-order valence-electron chi connectivity index (χ0n) is 17.0. The van der Waals surface area contributed by atoms with Crippen molar-refractivity contribution in [3.05, 3.63) is 81.8 Å². The van der Waals surface area contributed by atoms with Gasteiger partial charge in [-0.1, -0.05) is 42.5 Å². The largest absolute Gasteiger partial charge is 0.378 e. The zero-order chi connectivity index (χ0) is 20.3. The average Bonchev–Trinajstić information content (AvgIpc) is 2.81. The first kappa shape index (κ1) is 19.0. The van der Waals surface area contributed by atoms with Crippen LogP contribution in [-0.2, 0) is 24.2 Å². The summed E-state index contributed by atoms with van der Waals surface area (Å²) in [6.45, 7) is 5.86. The van der Waals surface area contributed by atoms with Gasteiger partial charge in [-0.3, -0.25) is 9.69 Å². The summed E-state index contributed by atoms with van der Waals surface area (Å²) in [5.41, 5.74) is 5.16. The Balaban J connectivity index is 1.28. The molecular formula is C24H26N4O2. The van der Waals surface area contributed by atoms with Gasteiger partial charge < -0.3 is 14.6 Å². The number of H-pyrrole nitrogens is 1. The third kappa shape index (κ3) is 4.01. The molecule has 2 aliphatic rings. The Morgan fingerprint density at radius 3 is 2.50 bits per heavy atom. The number of aromatic amines is 1. The van der Waals surface area contributed by atoms with Crippen molar-refractivity contribution in [2.24, 2.45) is 0 Å². The topological polar surface area (TPSA) is 61.5 Å². The molecule has 1 saturated heterocycles. The van der Waals surface area contributed by atoms with E-state index in [9.17, 15) is 4.79 Å². The molecule has 0 bridgehead atoms. The van der Waals surface area contributed by atoms with Gasteiger partial charge in [0.1, 0.15) is 5.82 Å². The monoisotopic (exact) mass is 402 g/mol. The van der Waals surface area contributed by atoms with Crippen molar-refractivity contribution in [3.8, 4) is 11.4 Å². The van der Waals surface area contributed by atoms with Gasteiger partial charge in [0.25, 0.3) is 5.56 Å². The lowest BCUT2D eigenvalue weighted by atomic mass is 10.1. The van der Waals surface area contributed by atoms with Crippen molar-refractivity contribution in [1.82, 2.24) is 14.9 Å². The molecule has 5 rings (SSSR count). The van der Waals surface area contributed by atoms with E-state index in [2.05, 4.69) is 39.0 Å². The van der Waals surface area contributed by atoms with E-state index in [1.165, 1.54) is 11.3 Å². The number of morpholine rings is 1. The Morgan fingerprint density at radius 2 is 1.73 bits per heavy atom. The second kappa shape index (κ2) is 8.42. The summed E-state index contributed by atoms with van der Waals surface area (Å²) >= 11 is 0. The summed E-state index contributed by atoms with van der Waals surface area (Å²) in [6, 6.07) is 18.6. The van der Waals surface area contributed by atoms with Crippen LogP contribution in [0.2, 0.25) is 0 Å². The minimum absolute atomic E-state index is 0.0220. The van der Waals surface area contributed by atoms with Crippen molar-refractivity contribution >= 4 is 5.69 Å². The Bertz CT molecular complexity index is 1060. The third-order valence-corrected chi connectivity index (χ3v) is 5.91. The molecular weight excluding hydrogens is 376 g/mol. The first-order valence-electron chi connectivity index (χ1n) is 10.6. The number of ether oxygens (including phenoxy) is 1. The minimum atomic E-state index is -0.0220. The van der Waals surface area contributed by atoms with Crippen LogP contribution in [0.4, 0.5) is 5.69 Å². The van der Waals surface area contributed by atoms with Crippen molar-refractivity contribution in [1.29, 1.82) is 0 Å². The van der Waals surface area contributed by atoms with Crippen LogP contribution in [0, 0.1) is 0 Å². The van der Waals surface area contributed by atoms with E-state index in [4.69, 9.17) is 9.72 Å². The molecule has 0 atom stereocenters. The molecule has 1 aromatic heterocycles. The highest BCUT2D eigenvalue weighted by molar-refractivity contribution is 5.55. The first-order valence-corrected chi connectivity index (χ1v) is 10.6. The predicted molar refractivity (Wildman–Crippen MR) is 118 cm³/mol. The van der Waals surface area contributed by atoms with E-state index in [0.717, 1.165) is 62.6 Å². The summed E-state index contributed by atoms with van der Waals surface area (Å²) < 4.78 is 5.43. The Labute approximate surface area is 176 Å². The van der Waals surface area contributed by atoms with E-state index < -0.39 is 0 Å². The standard InChI is InChI=1S/C24H26N4O2/c29-24-21-17-27(11-10-22(21)25-23(26-24)19-4-2-1-3-5-19)16-18-6-8-20(9-7-18)28-12-14-30-15-13-28/h1-9H,10-17H2,(H,25,26,29). The number of nitrogens with one attached hydrogen (secondary N) is 1. The fraction of sp³-hybridized carbons (Fsp3) is 0.333. The quantitative estimate of drug-likeness (QED) is 0.727. The van der Waals surface area contributed by atoms with E-state index >= 15 is 0 Å². The smallest absolute Gasteiger partial charge is 0.255 e. The molecule has 0 amide bonds. The van der Waals surface area contributed by atoms with Crippen molar-refractivity contribution in [2.45, 2.75) is 19.5 Å². The van der Waals surface area contributed by atoms with E-state index in [0.29, 0.717) is 12.4 Å². The molecule has 154 valence electrons. The number of anilines is 1. The summed E-state index contributed by atoms with van der Waals surface area (Å²) in [6.07, 6.45) is 0.797. The normalized spacial score (nSPS) is 17.0. The van der Waals surface area contributed by atoms with Gasteiger partial charge in [-0.15, -0.1) is 0 Å². The fourth-order valence-corrected chi connectivity index (χ4v) is 4.24. The lowest BCUT2D eigenvalue weighted by Gasteiger charge is -2.30. The minimum Gasteiger partial charge on any atom is -0.378 e. The van der Waals surface area contributed by atoms with E-state index in [1.807, 2.05) is 30.3 Å². The van der Waals surface area contributed by atoms with Crippen LogP contribution < -0.4 is 10.5 Å². The fourth-order valence-electron chi connectivity index (χ4n) is 4.24. The second-order valence-corrected chi connectivity index (χ2v) is 7.93. The van der Waals surface area contributed by atoms with Gasteiger partial charge in [0.2, 0.25) is 0 Å². The molecule has 3 aromatic rings. The molecule has 1 N–H and O–H groups in total. The van der Waals surface area contributed by atoms with Crippen LogP contribution >= 0.6 is 0 Å². The molecule has 0 aliphatic carbocycles. The summed E-state index contributed by atoms with van der Waals surface area (Å²) in [5.74, 6) is 0.659. The Hall–Kier alpha value is -2.96. The highest BCUT2D eigenvalue weighted by Gasteiger charge is 2.21. The number of hydrogen-bond acceptors (Lipinski definition) is 5. The number of hydrogen-bond donors (Lipinski definition) is 1. The molecule has 30 heavy (non-hydrogen) atoms. The highest BCUT2D eigenvalue weighted by Crippen LogP contribution is 2.21. The van der Waals surface area contributed by atoms with Crippen molar-refractivity contribution < 1.29 is 4.74 Å². The molecule has 1 fully saturated rings. The number of nitrogens with zero attached hydrogens (tertiary/aromatic N) is 3. The lowest BCUT2D eigenvalue weighted by molar-refractivity contribution is 0.122. The van der Waals surface area contributed by atoms with Crippen LogP contribution in [0.1, 0.15) is 16.8 Å². The first-order chi connectivity index (χ1) is 14.8. The van der Waals surface area contributed by atoms with Gasteiger partial charge in [-0.05, 0) is 17.7 Å². The Kier molecular flexibility index (Phi) is 5.34. The van der Waals surface area contributed by atoms with Crippen LogP contribution in [-0.4, -0.2) is 47.7 Å². The molecule has 3 heterocycles. The molecule has 0 unspecified atom stereocenters. The van der Waals surface area contributed by atoms with Crippen molar-refractivity contribution in [2.75, 3.05) is 37.7 Å². The lowest BCUT2D eigenvalue weighted by Crippen LogP contribution is -2.36. The molecule has 6 nitrogen and oxygen atoms in total. The maximum absolute atomic E-state index is 12.7. The van der Waals surface area contributed by atoms with Gasteiger partial charge in [0.05, 0.1) is 24.5 Å². The van der Waals surface area contributed by atoms with E-state index in [-0.39, 0.29) is 5.56 Å². The number of aromatic nitrogens is 2. The van der Waals surface area contributed by atoms with Crippen LogP contribution in [0.3, 0.4) is 0 Å². The van der Waals surface area contributed by atoms with Gasteiger partial charge in [-0.2, -0.15) is 0 Å². The second-order valence-electron chi connectivity index (χ2n) is 7.93. The molecule has 2 aliphatic heterocycles. The highest BCUT2D eigenvalue weighted by atomic mass is 16.5. The maximum Gasteiger partial charge on any atom is 0.255 e. The Morgan fingerprint density at radius 1 is 0.967 bits per heavy atom. The molecule has 0 spiro atoms. The maximum atomic E-state index is 12.7. The molecule has 2 aromatic carbocycles. The van der Waals surface area contributed by atoms with Gasteiger partial charge in [0, 0.05) is 50.4 Å². The predicted octanol–water partition coefficient (Wildman–Crippen LogP) is 2.83. The number of benzene rings is 2. The average molecular weight is 402 g/mol. The van der Waals surface area contributed by atoms with Gasteiger partial charge in [0.15, 0.2) is 0 Å². The van der Waals surface area contributed by atoms with Crippen LogP contribution in [0.5, 0.6) is 0 Å². The summed E-state index contributed by atoms with van der Waals surface area (Å²) in [7, 11) is 0. The van der Waals surface area contributed by atoms with E-state index in [1.54, 1.807) is 0 Å². The number of fused-ring (bicyclic) bond motifs is 1. The van der Waals surface area contributed by atoms with Crippen LogP contribution in [0.15, 0.2) is 59.4 Å². The van der Waals surface area contributed by atoms with Gasteiger partial charge in [-0.25, -0.2) is 4.98 Å². The SMILES string of the molecule is O=c1[nH]c(-c2ccccc2)nc2c1CN(Cc1ccc(N3CCOCC3)cc1)CC2. The van der Waals surface area contributed by atoms with Gasteiger partial charge >= 0.3 is 0 Å². The third-order valence-electron chi connectivity index (χ3n) is 5.91. The number of rotatable bonds is 4. The molecule has 0 saturated carbocycles. The molecule has 6 heteroatoms. The zero-order valence-corrected chi connectivity index (χ0v) is 17.0. The summed E-state index contributed by atoms with van der Waals surface area (Å²) in [5, 5.41) is 0.